The molecule has 0 radical (unpaired) electrons. The maximum Gasteiger partial charge on any atom is 0.201 e. The van der Waals surface area contributed by atoms with Gasteiger partial charge in [0.25, 0.3) is 0 Å². The topological polar surface area (TPSA) is 57.0 Å². The van der Waals surface area contributed by atoms with Crippen molar-refractivity contribution < 1.29 is 4.42 Å². The van der Waals surface area contributed by atoms with Crippen molar-refractivity contribution in [2.45, 2.75) is 6.54 Å². The third-order valence-electron chi connectivity index (χ3n) is 2.66. The highest BCUT2D eigenvalue weighted by Gasteiger charge is 2.09. The molecule has 86 valence electrons. The highest BCUT2D eigenvalue weighted by Crippen LogP contribution is 2.22. The third kappa shape index (κ3) is 1.76. The van der Waals surface area contributed by atoms with E-state index in [1.807, 2.05) is 22.8 Å². The fraction of sp³-hybridized carbons (Fsp3) is 0.0833. The second-order valence-corrected chi connectivity index (χ2v) is 4.26. The van der Waals surface area contributed by atoms with Crippen molar-refractivity contribution in [2.24, 2.45) is 0 Å². The molecule has 0 saturated carbocycles. The van der Waals surface area contributed by atoms with Crippen LogP contribution >= 0.6 is 11.6 Å². The lowest BCUT2D eigenvalue weighted by molar-refractivity contribution is 0.562. The second-order valence-electron chi connectivity index (χ2n) is 3.82. The van der Waals surface area contributed by atoms with Crippen molar-refractivity contribution >= 4 is 28.6 Å². The summed E-state index contributed by atoms with van der Waals surface area (Å²) in [6.07, 6.45) is 3.34. The number of anilines is 1. The molecule has 3 rings (SSSR count). The normalized spacial score (nSPS) is 11.1. The monoisotopic (exact) mass is 247 g/mol. The summed E-state index contributed by atoms with van der Waals surface area (Å²) in [6.45, 7) is 0.639. The number of fused-ring (bicyclic) bond motifs is 1. The Hall–Kier alpha value is -1.94. The Morgan fingerprint density at radius 3 is 3.00 bits per heavy atom. The number of nitrogens with zero attached hydrogens (tertiary/aromatic N) is 2. The van der Waals surface area contributed by atoms with E-state index in [0.717, 1.165) is 16.6 Å². The smallest absolute Gasteiger partial charge is 0.201 e. The van der Waals surface area contributed by atoms with Crippen LogP contribution in [-0.4, -0.2) is 9.55 Å². The van der Waals surface area contributed by atoms with Crippen molar-refractivity contribution in [3.63, 3.8) is 0 Å². The van der Waals surface area contributed by atoms with Crippen molar-refractivity contribution in [3.05, 3.63) is 47.4 Å². The number of nitrogen functional groups attached to an aromatic ring is 1. The van der Waals surface area contributed by atoms with Crippen LogP contribution in [0.2, 0.25) is 5.02 Å². The van der Waals surface area contributed by atoms with E-state index < -0.39 is 0 Å². The van der Waals surface area contributed by atoms with Gasteiger partial charge in [0, 0.05) is 10.6 Å². The zero-order chi connectivity index (χ0) is 11.8. The maximum absolute atomic E-state index is 5.92. The van der Waals surface area contributed by atoms with Gasteiger partial charge in [-0.2, -0.15) is 0 Å². The molecule has 0 spiro atoms. The van der Waals surface area contributed by atoms with Gasteiger partial charge in [-0.1, -0.05) is 11.6 Å². The lowest BCUT2D eigenvalue weighted by Gasteiger charge is -2.03. The Balaban J connectivity index is 2.12. The number of aromatic nitrogens is 2. The number of hydrogen-bond donors (Lipinski definition) is 1. The van der Waals surface area contributed by atoms with Crippen LogP contribution in [0.5, 0.6) is 0 Å². The molecule has 2 heterocycles. The van der Waals surface area contributed by atoms with Crippen molar-refractivity contribution in [1.29, 1.82) is 0 Å². The van der Waals surface area contributed by atoms with Gasteiger partial charge in [0.2, 0.25) is 5.95 Å². The Labute approximate surface area is 103 Å². The first kappa shape index (κ1) is 10.2. The molecule has 3 aromatic rings. The Morgan fingerprint density at radius 2 is 2.24 bits per heavy atom. The van der Waals surface area contributed by atoms with E-state index in [9.17, 15) is 0 Å². The summed E-state index contributed by atoms with van der Waals surface area (Å²) in [5.41, 5.74) is 8.72. The fourth-order valence-corrected chi connectivity index (χ4v) is 2.02. The molecule has 0 bridgehead atoms. The van der Waals surface area contributed by atoms with Gasteiger partial charge in [-0.3, -0.25) is 0 Å². The van der Waals surface area contributed by atoms with Gasteiger partial charge in [-0.25, -0.2) is 4.98 Å². The molecular formula is C12H10ClN3O. The minimum atomic E-state index is 0.475. The van der Waals surface area contributed by atoms with Gasteiger partial charge in [0.1, 0.15) is 0 Å². The number of benzene rings is 1. The third-order valence-corrected chi connectivity index (χ3v) is 2.90. The van der Waals surface area contributed by atoms with E-state index in [2.05, 4.69) is 4.98 Å². The van der Waals surface area contributed by atoms with E-state index in [-0.39, 0.29) is 0 Å². The van der Waals surface area contributed by atoms with Crippen molar-refractivity contribution in [3.8, 4) is 0 Å². The van der Waals surface area contributed by atoms with Gasteiger partial charge in [-0.15, -0.1) is 0 Å². The van der Waals surface area contributed by atoms with Crippen LogP contribution in [0.15, 0.2) is 41.2 Å². The summed E-state index contributed by atoms with van der Waals surface area (Å²) in [6, 6.07) is 7.46. The summed E-state index contributed by atoms with van der Waals surface area (Å²) in [4.78, 5) is 4.28. The Kier molecular flexibility index (Phi) is 2.30. The maximum atomic E-state index is 5.92. The van der Waals surface area contributed by atoms with Gasteiger partial charge in [0.15, 0.2) is 0 Å². The summed E-state index contributed by atoms with van der Waals surface area (Å²) in [5.74, 6) is 0.475. The van der Waals surface area contributed by atoms with E-state index in [0.29, 0.717) is 17.5 Å². The quantitative estimate of drug-likeness (QED) is 0.758. The van der Waals surface area contributed by atoms with Crippen LogP contribution in [0.4, 0.5) is 5.95 Å². The molecule has 0 amide bonds. The molecule has 0 unspecified atom stereocenters. The summed E-state index contributed by atoms with van der Waals surface area (Å²) < 4.78 is 6.97. The highest BCUT2D eigenvalue weighted by molar-refractivity contribution is 6.31. The number of imidazole rings is 1. The summed E-state index contributed by atoms with van der Waals surface area (Å²) in [7, 11) is 0. The number of rotatable bonds is 2. The second kappa shape index (κ2) is 3.82. The van der Waals surface area contributed by atoms with Crippen LogP contribution in [0.25, 0.3) is 11.0 Å². The van der Waals surface area contributed by atoms with E-state index >= 15 is 0 Å². The van der Waals surface area contributed by atoms with Crippen LogP contribution in [0.1, 0.15) is 5.56 Å². The number of furan rings is 1. The minimum Gasteiger partial charge on any atom is -0.472 e. The molecule has 0 saturated heterocycles. The minimum absolute atomic E-state index is 0.475. The highest BCUT2D eigenvalue weighted by atomic mass is 35.5. The molecule has 0 atom stereocenters. The predicted molar refractivity (Wildman–Crippen MR) is 67.0 cm³/mol. The number of halogens is 1. The molecule has 17 heavy (non-hydrogen) atoms. The molecule has 1 aromatic carbocycles. The molecule has 0 aliphatic heterocycles. The fourth-order valence-electron chi connectivity index (χ4n) is 1.85. The number of nitrogens with two attached hydrogens (primary N) is 1. The average molecular weight is 248 g/mol. The SMILES string of the molecule is Nc1nc2cc(Cl)ccc2n1Cc1ccoc1. The van der Waals surface area contributed by atoms with Crippen molar-refractivity contribution in [1.82, 2.24) is 9.55 Å². The van der Waals surface area contributed by atoms with Crippen LogP contribution < -0.4 is 5.73 Å². The van der Waals surface area contributed by atoms with Crippen LogP contribution in [-0.2, 0) is 6.54 Å². The first-order chi connectivity index (χ1) is 8.24. The Bertz CT molecular complexity index is 658. The molecule has 2 N–H and O–H groups in total. The lowest BCUT2D eigenvalue weighted by atomic mass is 10.3. The largest absolute Gasteiger partial charge is 0.472 e. The molecule has 2 aromatic heterocycles. The van der Waals surface area contributed by atoms with Gasteiger partial charge in [-0.05, 0) is 24.3 Å². The van der Waals surface area contributed by atoms with Crippen molar-refractivity contribution in [2.75, 3.05) is 5.73 Å². The zero-order valence-corrected chi connectivity index (χ0v) is 9.69. The molecule has 0 aliphatic rings. The van der Waals surface area contributed by atoms with Crippen LogP contribution in [0.3, 0.4) is 0 Å². The zero-order valence-electron chi connectivity index (χ0n) is 8.93. The number of hydrogen-bond acceptors (Lipinski definition) is 3. The van der Waals surface area contributed by atoms with Gasteiger partial charge < -0.3 is 14.7 Å². The van der Waals surface area contributed by atoms with E-state index in [1.54, 1.807) is 18.6 Å². The average Bonchev–Trinajstić information content (AvgIpc) is 2.88. The van der Waals surface area contributed by atoms with E-state index in [1.165, 1.54) is 0 Å². The summed E-state index contributed by atoms with van der Waals surface area (Å²) >= 11 is 5.92. The first-order valence-electron chi connectivity index (χ1n) is 5.16. The Morgan fingerprint density at radius 1 is 1.35 bits per heavy atom. The molecule has 4 nitrogen and oxygen atoms in total. The standard InChI is InChI=1S/C12H10ClN3O/c13-9-1-2-11-10(5-9)15-12(14)16(11)6-8-3-4-17-7-8/h1-5,7H,6H2,(H2,14,15). The van der Waals surface area contributed by atoms with Crippen LogP contribution in [0, 0.1) is 0 Å². The summed E-state index contributed by atoms with van der Waals surface area (Å²) in [5, 5.41) is 0.658. The first-order valence-corrected chi connectivity index (χ1v) is 5.54. The molecular weight excluding hydrogens is 238 g/mol. The lowest BCUT2D eigenvalue weighted by Crippen LogP contribution is -2.03. The van der Waals surface area contributed by atoms with Gasteiger partial charge >= 0.3 is 0 Å². The predicted octanol–water partition coefficient (Wildman–Crippen LogP) is 2.91. The molecule has 0 fully saturated rings. The molecule has 0 aliphatic carbocycles. The molecule has 5 heteroatoms. The van der Waals surface area contributed by atoms with E-state index in [4.69, 9.17) is 21.8 Å². The van der Waals surface area contributed by atoms with Gasteiger partial charge in [0.05, 0.1) is 30.1 Å².